The SMILES string of the molecule is O=S(=O)(OCCC(F)F)OCC(F)(F)F. The lowest BCUT2D eigenvalue weighted by molar-refractivity contribution is -0.154. The largest absolute Gasteiger partial charge is 0.413 e. The van der Waals surface area contributed by atoms with Crippen molar-refractivity contribution < 1.29 is 38.7 Å². The standard InChI is InChI=1S/C5H7F5O4S/c6-4(7)1-2-13-15(11,12)14-3-5(8,9)10/h4H,1-3H2. The van der Waals surface area contributed by atoms with Gasteiger partial charge in [0.15, 0.2) is 6.61 Å². The highest BCUT2D eigenvalue weighted by Crippen LogP contribution is 2.16. The summed E-state index contributed by atoms with van der Waals surface area (Å²) in [6.07, 6.45) is -8.55. The van der Waals surface area contributed by atoms with Crippen LogP contribution in [-0.4, -0.2) is 34.2 Å². The molecule has 0 radical (unpaired) electrons. The van der Waals surface area contributed by atoms with Gasteiger partial charge in [0.05, 0.1) is 6.61 Å². The summed E-state index contributed by atoms with van der Waals surface area (Å²) in [6.45, 7) is -2.98. The molecule has 0 aliphatic carbocycles. The van der Waals surface area contributed by atoms with Gasteiger partial charge in [0.25, 0.3) is 0 Å². The van der Waals surface area contributed by atoms with E-state index >= 15 is 0 Å². The highest BCUT2D eigenvalue weighted by Gasteiger charge is 2.31. The molecule has 0 aliphatic heterocycles. The average molecular weight is 258 g/mol. The molecule has 0 aliphatic rings. The van der Waals surface area contributed by atoms with Gasteiger partial charge in [0, 0.05) is 6.42 Å². The number of alkyl halides is 5. The van der Waals surface area contributed by atoms with Crippen molar-refractivity contribution in [2.45, 2.75) is 19.0 Å². The molecule has 0 aromatic heterocycles. The minimum atomic E-state index is -4.86. The lowest BCUT2D eigenvalue weighted by atomic mass is 10.5. The van der Waals surface area contributed by atoms with Gasteiger partial charge in [-0.05, 0) is 0 Å². The van der Waals surface area contributed by atoms with Gasteiger partial charge in [0.2, 0.25) is 6.43 Å². The molecule has 0 saturated heterocycles. The second-order valence-corrected chi connectivity index (χ2v) is 3.58. The zero-order chi connectivity index (χ0) is 12.1. The van der Waals surface area contributed by atoms with Crippen LogP contribution < -0.4 is 0 Å². The van der Waals surface area contributed by atoms with Crippen LogP contribution in [0.15, 0.2) is 0 Å². The Morgan fingerprint density at radius 1 is 1.13 bits per heavy atom. The molecule has 0 N–H and O–H groups in total. The third-order valence-corrected chi connectivity index (χ3v) is 1.79. The Balaban J connectivity index is 3.89. The third kappa shape index (κ3) is 9.82. The Hall–Kier alpha value is -0.480. The molecular formula is C5H7F5O4S. The maximum atomic E-state index is 11.5. The van der Waals surface area contributed by atoms with Crippen molar-refractivity contribution >= 4 is 10.4 Å². The summed E-state index contributed by atoms with van der Waals surface area (Å²) in [6, 6.07) is 0. The summed E-state index contributed by atoms with van der Waals surface area (Å²) in [5.74, 6) is 0. The van der Waals surface area contributed by atoms with E-state index in [4.69, 9.17) is 0 Å². The minimum Gasteiger partial charge on any atom is -0.248 e. The Kier molecular flexibility index (Phi) is 5.38. The van der Waals surface area contributed by atoms with E-state index in [1.54, 1.807) is 0 Å². The van der Waals surface area contributed by atoms with E-state index in [0.29, 0.717) is 0 Å². The van der Waals surface area contributed by atoms with E-state index in [9.17, 15) is 30.4 Å². The van der Waals surface area contributed by atoms with Gasteiger partial charge in [-0.2, -0.15) is 21.6 Å². The van der Waals surface area contributed by atoms with Gasteiger partial charge in [-0.1, -0.05) is 0 Å². The molecule has 10 heteroatoms. The first kappa shape index (κ1) is 14.5. The van der Waals surface area contributed by atoms with Crippen LogP contribution in [0.2, 0.25) is 0 Å². The maximum Gasteiger partial charge on any atom is 0.413 e. The van der Waals surface area contributed by atoms with E-state index in [1.165, 1.54) is 0 Å². The van der Waals surface area contributed by atoms with Gasteiger partial charge in [0.1, 0.15) is 0 Å². The fourth-order valence-electron chi connectivity index (χ4n) is 0.412. The van der Waals surface area contributed by atoms with Crippen molar-refractivity contribution in [3.63, 3.8) is 0 Å². The topological polar surface area (TPSA) is 52.6 Å². The normalized spacial score (nSPS) is 13.5. The fourth-order valence-corrected chi connectivity index (χ4v) is 1.06. The summed E-state index contributed by atoms with van der Waals surface area (Å²) in [4.78, 5) is 0. The molecule has 0 unspecified atom stereocenters. The molecule has 4 nitrogen and oxygen atoms in total. The molecule has 0 atom stereocenters. The first-order valence-electron chi connectivity index (χ1n) is 3.51. The van der Waals surface area contributed by atoms with E-state index in [-0.39, 0.29) is 0 Å². The van der Waals surface area contributed by atoms with Gasteiger partial charge >= 0.3 is 16.6 Å². The minimum absolute atomic E-state index is 0.908. The molecular weight excluding hydrogens is 251 g/mol. The molecule has 92 valence electrons. The predicted molar refractivity (Wildman–Crippen MR) is 37.5 cm³/mol. The quantitative estimate of drug-likeness (QED) is 0.677. The number of rotatable bonds is 6. The first-order valence-corrected chi connectivity index (χ1v) is 4.84. The summed E-state index contributed by atoms with van der Waals surface area (Å²) in [5, 5.41) is 0. The molecule has 0 aromatic rings. The van der Waals surface area contributed by atoms with Gasteiger partial charge in [-0.15, -0.1) is 0 Å². The average Bonchev–Trinajstić information content (AvgIpc) is 1.99. The van der Waals surface area contributed by atoms with Crippen LogP contribution in [0.4, 0.5) is 22.0 Å². The second kappa shape index (κ2) is 5.56. The Bertz CT molecular complexity index is 272. The van der Waals surface area contributed by atoms with Crippen molar-refractivity contribution in [1.29, 1.82) is 0 Å². The van der Waals surface area contributed by atoms with Gasteiger partial charge in [-0.25, -0.2) is 17.1 Å². The number of halogens is 5. The zero-order valence-electron chi connectivity index (χ0n) is 7.13. The van der Waals surface area contributed by atoms with Crippen molar-refractivity contribution in [3.8, 4) is 0 Å². The smallest absolute Gasteiger partial charge is 0.248 e. The van der Waals surface area contributed by atoms with Crippen molar-refractivity contribution in [3.05, 3.63) is 0 Å². The summed E-state index contributed by atoms with van der Waals surface area (Å²) >= 11 is 0. The monoisotopic (exact) mass is 258 g/mol. The maximum absolute atomic E-state index is 11.5. The van der Waals surface area contributed by atoms with E-state index < -0.39 is 42.6 Å². The van der Waals surface area contributed by atoms with E-state index in [0.717, 1.165) is 0 Å². The molecule has 0 bridgehead atoms. The Morgan fingerprint density at radius 3 is 2.07 bits per heavy atom. The predicted octanol–water partition coefficient (Wildman–Crippen LogP) is 1.48. The molecule has 0 saturated carbocycles. The summed E-state index contributed by atoms with van der Waals surface area (Å²) in [7, 11) is -4.86. The van der Waals surface area contributed by atoms with Crippen LogP contribution in [0.5, 0.6) is 0 Å². The second-order valence-electron chi connectivity index (χ2n) is 2.29. The van der Waals surface area contributed by atoms with Crippen LogP contribution in [0.1, 0.15) is 6.42 Å². The third-order valence-electron chi connectivity index (χ3n) is 0.931. The van der Waals surface area contributed by atoms with Crippen LogP contribution in [0.3, 0.4) is 0 Å². The first-order chi connectivity index (χ1) is 6.62. The summed E-state index contributed by atoms with van der Waals surface area (Å²) < 4.78 is 85.4. The molecule has 0 spiro atoms. The molecule has 0 aromatic carbocycles. The van der Waals surface area contributed by atoms with Crippen LogP contribution in [0, 0.1) is 0 Å². The van der Waals surface area contributed by atoms with Crippen molar-refractivity contribution in [2.24, 2.45) is 0 Å². The molecule has 0 fully saturated rings. The van der Waals surface area contributed by atoms with Crippen LogP contribution in [-0.2, 0) is 18.8 Å². The molecule has 15 heavy (non-hydrogen) atoms. The molecule has 0 amide bonds. The molecule has 0 rings (SSSR count). The highest BCUT2D eigenvalue weighted by atomic mass is 32.3. The van der Waals surface area contributed by atoms with Crippen LogP contribution in [0.25, 0.3) is 0 Å². The Labute approximate surface area is 82.3 Å². The zero-order valence-corrected chi connectivity index (χ0v) is 7.95. The number of hydrogen-bond acceptors (Lipinski definition) is 4. The Morgan fingerprint density at radius 2 is 1.67 bits per heavy atom. The molecule has 0 heterocycles. The van der Waals surface area contributed by atoms with Crippen molar-refractivity contribution in [2.75, 3.05) is 13.2 Å². The van der Waals surface area contributed by atoms with E-state index in [2.05, 4.69) is 8.37 Å². The number of hydrogen-bond donors (Lipinski definition) is 0. The summed E-state index contributed by atoms with van der Waals surface area (Å²) in [5.41, 5.74) is 0. The lowest BCUT2D eigenvalue weighted by Crippen LogP contribution is -2.22. The van der Waals surface area contributed by atoms with Crippen molar-refractivity contribution in [1.82, 2.24) is 0 Å². The van der Waals surface area contributed by atoms with Gasteiger partial charge in [-0.3, -0.25) is 0 Å². The fraction of sp³-hybridized carbons (Fsp3) is 1.00. The van der Waals surface area contributed by atoms with Gasteiger partial charge < -0.3 is 0 Å². The lowest BCUT2D eigenvalue weighted by Gasteiger charge is -2.07. The highest BCUT2D eigenvalue weighted by molar-refractivity contribution is 7.81. The van der Waals surface area contributed by atoms with Crippen LogP contribution >= 0.6 is 0 Å². The van der Waals surface area contributed by atoms with E-state index in [1.807, 2.05) is 0 Å².